The lowest BCUT2D eigenvalue weighted by Crippen LogP contribution is -2.42. The van der Waals surface area contributed by atoms with E-state index in [2.05, 4.69) is 12.1 Å². The number of fused-ring (bicyclic) bond motifs is 2. The first-order chi connectivity index (χ1) is 13.6. The zero-order valence-electron chi connectivity index (χ0n) is 16.4. The van der Waals surface area contributed by atoms with Gasteiger partial charge in [0.05, 0.1) is 37.2 Å². The fourth-order valence-corrected chi connectivity index (χ4v) is 5.51. The van der Waals surface area contributed by atoms with E-state index in [4.69, 9.17) is 14.3 Å². The molecule has 0 radical (unpaired) electrons. The number of nitrogens with zero attached hydrogens (tertiary/aromatic N) is 1. The van der Waals surface area contributed by atoms with Crippen molar-refractivity contribution in [1.29, 1.82) is 0 Å². The number of ketones is 1. The summed E-state index contributed by atoms with van der Waals surface area (Å²) in [6, 6.07) is 3.91. The van der Waals surface area contributed by atoms with Gasteiger partial charge in [-0.3, -0.25) is 9.63 Å². The number of methoxy groups -OCH3 is 1. The summed E-state index contributed by atoms with van der Waals surface area (Å²) in [6.07, 6.45) is 6.16. The Bertz CT molecular complexity index is 836. The van der Waals surface area contributed by atoms with Gasteiger partial charge in [0.15, 0.2) is 11.5 Å². The molecule has 1 N–H and O–H groups in total. The summed E-state index contributed by atoms with van der Waals surface area (Å²) in [5.74, 6) is 1.57. The van der Waals surface area contributed by atoms with E-state index in [9.17, 15) is 9.90 Å². The Morgan fingerprint density at radius 1 is 1.43 bits per heavy atom. The summed E-state index contributed by atoms with van der Waals surface area (Å²) >= 11 is 0. The fourth-order valence-electron chi connectivity index (χ4n) is 5.51. The molecule has 5 atom stereocenters. The van der Waals surface area contributed by atoms with Crippen molar-refractivity contribution in [2.75, 3.05) is 20.3 Å². The van der Waals surface area contributed by atoms with E-state index in [1.54, 1.807) is 7.11 Å². The zero-order chi connectivity index (χ0) is 19.5. The molecular weight excluding hydrogens is 358 g/mol. The highest BCUT2D eigenvalue weighted by Crippen LogP contribution is 2.58. The number of carbonyl (C=O) groups is 1. The minimum atomic E-state index is -0.502. The van der Waals surface area contributed by atoms with Crippen molar-refractivity contribution in [3.63, 3.8) is 0 Å². The first-order valence-electron chi connectivity index (χ1n) is 10.3. The molecule has 4 aliphatic rings. The van der Waals surface area contributed by atoms with Crippen LogP contribution in [0.2, 0.25) is 0 Å². The van der Waals surface area contributed by atoms with Gasteiger partial charge in [-0.15, -0.1) is 0 Å². The normalized spacial score (nSPS) is 35.5. The van der Waals surface area contributed by atoms with Crippen LogP contribution in [0.5, 0.6) is 11.5 Å². The van der Waals surface area contributed by atoms with E-state index in [-0.39, 0.29) is 29.3 Å². The molecule has 1 spiro atoms. The van der Waals surface area contributed by atoms with Crippen molar-refractivity contribution < 1.29 is 24.2 Å². The molecular formula is C22H27NO5. The van der Waals surface area contributed by atoms with Crippen molar-refractivity contribution in [3.05, 3.63) is 35.4 Å². The summed E-state index contributed by atoms with van der Waals surface area (Å²) in [5.41, 5.74) is 1.90. The second-order valence-corrected chi connectivity index (χ2v) is 8.32. The van der Waals surface area contributed by atoms with Gasteiger partial charge in [-0.1, -0.05) is 25.1 Å². The highest BCUT2D eigenvalue weighted by Gasteiger charge is 2.56. The maximum atomic E-state index is 12.8. The largest absolute Gasteiger partial charge is 0.493 e. The van der Waals surface area contributed by atoms with Gasteiger partial charge in [0.1, 0.15) is 11.9 Å². The molecule has 1 aliphatic carbocycles. The first kappa shape index (κ1) is 18.2. The van der Waals surface area contributed by atoms with Crippen LogP contribution in [0, 0.1) is 5.92 Å². The highest BCUT2D eigenvalue weighted by atomic mass is 16.7. The SMILES string of the molecule is CCCC(=O)C1CON2CCC34C=CC(O)C[C@H]3Oc3c(OC)ccc(c34)[C@H]12. The number of aliphatic hydroxyl groups excluding tert-OH is 1. The molecule has 3 heterocycles. The lowest BCUT2D eigenvalue weighted by Gasteiger charge is -2.35. The number of Topliss-reactive ketones (excluding diaryl/α,β-unsaturated/α-hetero) is 1. The molecule has 0 bridgehead atoms. The number of carbonyl (C=O) groups excluding carboxylic acids is 1. The summed E-state index contributed by atoms with van der Waals surface area (Å²) < 4.78 is 12.0. The lowest BCUT2D eigenvalue weighted by atomic mass is 9.68. The molecule has 3 aliphatic heterocycles. The zero-order valence-corrected chi connectivity index (χ0v) is 16.4. The van der Waals surface area contributed by atoms with Crippen LogP contribution in [0.15, 0.2) is 24.3 Å². The van der Waals surface area contributed by atoms with Gasteiger partial charge in [0, 0.05) is 24.9 Å². The Morgan fingerprint density at radius 3 is 3.07 bits per heavy atom. The molecule has 1 aromatic carbocycles. The third kappa shape index (κ3) is 2.41. The number of hydroxylamine groups is 2. The molecule has 0 amide bonds. The van der Waals surface area contributed by atoms with Crippen LogP contribution in [0.4, 0.5) is 0 Å². The third-order valence-electron chi connectivity index (χ3n) is 6.83. The molecule has 5 rings (SSSR count). The predicted molar refractivity (Wildman–Crippen MR) is 102 cm³/mol. The van der Waals surface area contributed by atoms with E-state index in [0.717, 1.165) is 36.3 Å². The Morgan fingerprint density at radius 2 is 2.29 bits per heavy atom. The summed E-state index contributed by atoms with van der Waals surface area (Å²) in [6.45, 7) is 3.20. The average Bonchev–Trinajstić information content (AvgIpc) is 3.22. The highest BCUT2D eigenvalue weighted by molar-refractivity contribution is 5.82. The Hall–Kier alpha value is -1.89. The molecule has 1 aromatic rings. The van der Waals surface area contributed by atoms with E-state index in [1.807, 2.05) is 24.1 Å². The fraction of sp³-hybridized carbons (Fsp3) is 0.591. The predicted octanol–water partition coefficient (Wildman–Crippen LogP) is 2.69. The van der Waals surface area contributed by atoms with Gasteiger partial charge < -0.3 is 14.6 Å². The quantitative estimate of drug-likeness (QED) is 0.804. The number of rotatable bonds is 4. The maximum Gasteiger partial charge on any atom is 0.166 e. The maximum absolute atomic E-state index is 12.8. The van der Waals surface area contributed by atoms with Crippen LogP contribution in [-0.2, 0) is 15.0 Å². The monoisotopic (exact) mass is 385 g/mol. The minimum absolute atomic E-state index is 0.0966. The van der Waals surface area contributed by atoms with Gasteiger partial charge in [-0.2, -0.15) is 5.06 Å². The number of ether oxygens (including phenoxy) is 2. The van der Waals surface area contributed by atoms with Crippen LogP contribution in [-0.4, -0.2) is 48.4 Å². The van der Waals surface area contributed by atoms with Crippen molar-refractivity contribution in [1.82, 2.24) is 5.06 Å². The van der Waals surface area contributed by atoms with Crippen molar-refractivity contribution in [3.8, 4) is 11.5 Å². The Kier molecular flexibility index (Phi) is 4.27. The van der Waals surface area contributed by atoms with Crippen LogP contribution in [0.1, 0.15) is 49.8 Å². The number of benzene rings is 1. The number of aliphatic hydroxyl groups is 1. The molecule has 3 unspecified atom stereocenters. The van der Waals surface area contributed by atoms with E-state index in [1.165, 1.54) is 0 Å². The second-order valence-electron chi connectivity index (χ2n) is 8.32. The van der Waals surface area contributed by atoms with Crippen molar-refractivity contribution >= 4 is 5.78 Å². The van der Waals surface area contributed by atoms with Gasteiger partial charge in [-0.05, 0) is 24.5 Å². The van der Waals surface area contributed by atoms with Crippen LogP contribution in [0.3, 0.4) is 0 Å². The summed E-state index contributed by atoms with van der Waals surface area (Å²) in [5, 5.41) is 12.2. The molecule has 6 heteroatoms. The molecule has 28 heavy (non-hydrogen) atoms. The van der Waals surface area contributed by atoms with Crippen LogP contribution in [0.25, 0.3) is 0 Å². The Balaban J connectivity index is 1.68. The minimum Gasteiger partial charge on any atom is -0.493 e. The molecule has 6 nitrogen and oxygen atoms in total. The molecule has 1 fully saturated rings. The molecule has 0 aromatic heterocycles. The molecule has 0 saturated carbocycles. The van der Waals surface area contributed by atoms with Crippen molar-refractivity contribution in [2.45, 2.75) is 56.3 Å². The molecule has 1 saturated heterocycles. The average molecular weight is 385 g/mol. The third-order valence-corrected chi connectivity index (χ3v) is 6.83. The van der Waals surface area contributed by atoms with E-state index < -0.39 is 6.10 Å². The van der Waals surface area contributed by atoms with Crippen LogP contribution < -0.4 is 9.47 Å². The van der Waals surface area contributed by atoms with Crippen LogP contribution >= 0.6 is 0 Å². The van der Waals surface area contributed by atoms with E-state index in [0.29, 0.717) is 25.2 Å². The topological polar surface area (TPSA) is 68.2 Å². The molecule has 150 valence electrons. The Labute approximate surface area is 165 Å². The smallest absolute Gasteiger partial charge is 0.166 e. The lowest BCUT2D eigenvalue weighted by molar-refractivity contribution is -0.134. The first-order valence-corrected chi connectivity index (χ1v) is 10.3. The standard InChI is InChI=1S/C22H27NO5/c1-3-4-16(25)15-12-27-23-10-9-22-8-7-13(24)11-18(22)28-21-17(26-2)6-5-14(19(21)22)20(15)23/h5-8,13,15,18,20,24H,3-4,9-12H2,1-2H3/t13?,15?,18-,20-,22?/m1/s1. The van der Waals surface area contributed by atoms with Gasteiger partial charge in [0.2, 0.25) is 0 Å². The van der Waals surface area contributed by atoms with Gasteiger partial charge in [-0.25, -0.2) is 0 Å². The second kappa shape index (κ2) is 6.58. The van der Waals surface area contributed by atoms with Gasteiger partial charge >= 0.3 is 0 Å². The summed E-state index contributed by atoms with van der Waals surface area (Å²) in [7, 11) is 1.65. The summed E-state index contributed by atoms with van der Waals surface area (Å²) in [4.78, 5) is 18.8. The number of hydrogen-bond donors (Lipinski definition) is 1. The number of hydrogen-bond acceptors (Lipinski definition) is 6. The van der Waals surface area contributed by atoms with Crippen molar-refractivity contribution in [2.24, 2.45) is 5.92 Å². The van der Waals surface area contributed by atoms with Gasteiger partial charge in [0.25, 0.3) is 0 Å². The van der Waals surface area contributed by atoms with E-state index >= 15 is 0 Å².